The van der Waals surface area contributed by atoms with Crippen LogP contribution in [0, 0.1) is 0 Å². The fourth-order valence-corrected chi connectivity index (χ4v) is 2.43. The van der Waals surface area contributed by atoms with E-state index in [4.69, 9.17) is 27.9 Å². The zero-order valence-corrected chi connectivity index (χ0v) is 9.68. The third kappa shape index (κ3) is 2.28. The molecule has 1 fully saturated rings. The molecule has 0 saturated carbocycles. The number of halogens is 2. The summed E-state index contributed by atoms with van der Waals surface area (Å²) in [5.41, 5.74) is -0.114. The van der Waals surface area contributed by atoms with Crippen molar-refractivity contribution in [2.75, 3.05) is 13.2 Å². The van der Waals surface area contributed by atoms with Gasteiger partial charge in [0.25, 0.3) is 0 Å². The lowest BCUT2D eigenvalue weighted by atomic mass is 9.86. The first-order chi connectivity index (χ1) is 7.12. The molecule has 4 heteroatoms. The molecule has 15 heavy (non-hydrogen) atoms. The van der Waals surface area contributed by atoms with Gasteiger partial charge in [0.05, 0.1) is 5.60 Å². The third-order valence-electron chi connectivity index (χ3n) is 2.75. The first kappa shape index (κ1) is 11.2. The lowest BCUT2D eigenvalue weighted by Crippen LogP contribution is -2.33. The Morgan fingerprint density at radius 2 is 1.87 bits per heavy atom. The van der Waals surface area contributed by atoms with Crippen molar-refractivity contribution in [1.82, 2.24) is 0 Å². The highest BCUT2D eigenvalue weighted by atomic mass is 35.5. The smallest absolute Gasteiger partial charge is 0.0954 e. The summed E-state index contributed by atoms with van der Waals surface area (Å²) in [4.78, 5) is 0. The molecule has 0 bridgehead atoms. The average Bonchev–Trinajstić information content (AvgIpc) is 2.18. The van der Waals surface area contributed by atoms with Crippen LogP contribution in [0.1, 0.15) is 18.4 Å². The second kappa shape index (κ2) is 4.30. The van der Waals surface area contributed by atoms with Crippen LogP contribution in [0.3, 0.4) is 0 Å². The van der Waals surface area contributed by atoms with E-state index in [1.54, 1.807) is 18.2 Å². The Morgan fingerprint density at radius 1 is 1.20 bits per heavy atom. The van der Waals surface area contributed by atoms with Gasteiger partial charge in [0.1, 0.15) is 0 Å². The predicted molar refractivity (Wildman–Crippen MR) is 60.4 cm³/mol. The molecule has 82 valence electrons. The predicted octanol–water partition coefficient (Wildman–Crippen LogP) is 2.99. The van der Waals surface area contributed by atoms with E-state index in [2.05, 4.69) is 0 Å². The molecule has 1 heterocycles. The van der Waals surface area contributed by atoms with Crippen LogP contribution in [-0.4, -0.2) is 18.3 Å². The van der Waals surface area contributed by atoms with Crippen LogP contribution in [-0.2, 0) is 10.3 Å². The van der Waals surface area contributed by atoms with Gasteiger partial charge in [-0.15, -0.1) is 0 Å². The largest absolute Gasteiger partial charge is 0.385 e. The van der Waals surface area contributed by atoms with Crippen molar-refractivity contribution in [2.24, 2.45) is 0 Å². The van der Waals surface area contributed by atoms with Crippen molar-refractivity contribution >= 4 is 23.2 Å². The van der Waals surface area contributed by atoms with Gasteiger partial charge in [0, 0.05) is 41.7 Å². The maximum absolute atomic E-state index is 10.4. The molecule has 0 spiro atoms. The van der Waals surface area contributed by atoms with E-state index in [-0.39, 0.29) is 0 Å². The van der Waals surface area contributed by atoms with E-state index in [1.807, 2.05) is 0 Å². The first-order valence-corrected chi connectivity index (χ1v) is 5.63. The highest BCUT2D eigenvalue weighted by Crippen LogP contribution is 2.37. The second-order valence-corrected chi connectivity index (χ2v) is 4.61. The molecule has 1 aliphatic heterocycles. The molecule has 1 aromatic rings. The van der Waals surface area contributed by atoms with Gasteiger partial charge < -0.3 is 9.84 Å². The molecule has 0 amide bonds. The molecule has 1 aliphatic rings. The highest BCUT2D eigenvalue weighted by molar-refractivity contribution is 6.35. The molecule has 1 N–H and O–H groups in total. The van der Waals surface area contributed by atoms with Crippen molar-refractivity contribution in [3.05, 3.63) is 33.8 Å². The van der Waals surface area contributed by atoms with Gasteiger partial charge in [-0.05, 0) is 12.1 Å². The molecular formula is C11H12Cl2O2. The number of benzene rings is 1. The van der Waals surface area contributed by atoms with Crippen molar-refractivity contribution in [3.63, 3.8) is 0 Å². The molecular weight excluding hydrogens is 235 g/mol. The van der Waals surface area contributed by atoms with Crippen molar-refractivity contribution in [2.45, 2.75) is 18.4 Å². The number of rotatable bonds is 1. The third-order valence-corrected chi connectivity index (χ3v) is 3.30. The molecule has 1 saturated heterocycles. The minimum atomic E-state index is -0.861. The number of ether oxygens (including phenoxy) is 1. The van der Waals surface area contributed by atoms with Crippen LogP contribution in [0.25, 0.3) is 0 Å². The average molecular weight is 247 g/mol. The molecule has 0 aliphatic carbocycles. The summed E-state index contributed by atoms with van der Waals surface area (Å²) in [6.07, 6.45) is 1.16. The van der Waals surface area contributed by atoms with E-state index in [1.165, 1.54) is 0 Å². The minimum Gasteiger partial charge on any atom is -0.385 e. The highest BCUT2D eigenvalue weighted by Gasteiger charge is 2.33. The Hall–Kier alpha value is -0.280. The maximum Gasteiger partial charge on any atom is 0.0954 e. The fraction of sp³-hybridized carbons (Fsp3) is 0.455. The normalized spacial score (nSPS) is 20.2. The summed E-state index contributed by atoms with van der Waals surface area (Å²) in [6.45, 7) is 1.13. The SMILES string of the molecule is OC1(c2ccc(Cl)cc2Cl)CCOCC1. The van der Waals surface area contributed by atoms with Crippen LogP contribution in [0.4, 0.5) is 0 Å². The second-order valence-electron chi connectivity index (χ2n) is 3.77. The molecule has 0 atom stereocenters. The summed E-state index contributed by atoms with van der Waals surface area (Å²) in [6, 6.07) is 5.19. The van der Waals surface area contributed by atoms with Crippen LogP contribution in [0.5, 0.6) is 0 Å². The summed E-state index contributed by atoms with van der Waals surface area (Å²) in [5, 5.41) is 11.5. The number of hydrogen-bond donors (Lipinski definition) is 1. The monoisotopic (exact) mass is 246 g/mol. The number of hydrogen-bond acceptors (Lipinski definition) is 2. The maximum atomic E-state index is 10.4. The van der Waals surface area contributed by atoms with E-state index in [0.29, 0.717) is 36.1 Å². The Balaban J connectivity index is 2.35. The van der Waals surface area contributed by atoms with Gasteiger partial charge in [-0.1, -0.05) is 29.3 Å². The van der Waals surface area contributed by atoms with Crippen LogP contribution >= 0.6 is 23.2 Å². The van der Waals surface area contributed by atoms with Gasteiger partial charge in [-0.25, -0.2) is 0 Å². The zero-order chi connectivity index (χ0) is 10.9. The standard InChI is InChI=1S/C11H12Cl2O2/c12-8-1-2-9(10(13)7-8)11(14)3-5-15-6-4-11/h1-2,7,14H,3-6H2. The van der Waals surface area contributed by atoms with Gasteiger partial charge >= 0.3 is 0 Å². The van der Waals surface area contributed by atoms with E-state index in [9.17, 15) is 5.11 Å². The summed E-state index contributed by atoms with van der Waals surface area (Å²) < 4.78 is 5.22. The van der Waals surface area contributed by atoms with Gasteiger partial charge in [-0.2, -0.15) is 0 Å². The molecule has 0 unspecified atom stereocenters. The Kier molecular flexibility index (Phi) is 3.21. The van der Waals surface area contributed by atoms with Crippen LogP contribution in [0.2, 0.25) is 10.0 Å². The van der Waals surface area contributed by atoms with E-state index < -0.39 is 5.60 Å². The van der Waals surface area contributed by atoms with Gasteiger partial charge in [0.15, 0.2) is 0 Å². The zero-order valence-electron chi connectivity index (χ0n) is 8.17. The Labute approximate surface area is 98.8 Å². The fourth-order valence-electron chi connectivity index (χ4n) is 1.85. The van der Waals surface area contributed by atoms with Gasteiger partial charge in [-0.3, -0.25) is 0 Å². The topological polar surface area (TPSA) is 29.5 Å². The number of aliphatic hydroxyl groups is 1. The van der Waals surface area contributed by atoms with E-state index >= 15 is 0 Å². The van der Waals surface area contributed by atoms with Crippen molar-refractivity contribution < 1.29 is 9.84 Å². The van der Waals surface area contributed by atoms with Crippen LogP contribution < -0.4 is 0 Å². The summed E-state index contributed by atoms with van der Waals surface area (Å²) >= 11 is 11.9. The summed E-state index contributed by atoms with van der Waals surface area (Å²) in [7, 11) is 0. The molecule has 0 aromatic heterocycles. The van der Waals surface area contributed by atoms with Gasteiger partial charge in [0.2, 0.25) is 0 Å². The lowest BCUT2D eigenvalue weighted by molar-refractivity contribution is -0.0678. The molecule has 2 rings (SSSR count). The van der Waals surface area contributed by atoms with Crippen molar-refractivity contribution in [3.8, 4) is 0 Å². The quantitative estimate of drug-likeness (QED) is 0.826. The van der Waals surface area contributed by atoms with Crippen molar-refractivity contribution in [1.29, 1.82) is 0 Å². The Bertz CT molecular complexity index is 360. The lowest BCUT2D eigenvalue weighted by Gasteiger charge is -2.33. The van der Waals surface area contributed by atoms with E-state index in [0.717, 1.165) is 5.56 Å². The molecule has 0 radical (unpaired) electrons. The molecule has 2 nitrogen and oxygen atoms in total. The minimum absolute atomic E-state index is 0.520. The summed E-state index contributed by atoms with van der Waals surface area (Å²) in [5.74, 6) is 0. The molecule has 1 aromatic carbocycles. The first-order valence-electron chi connectivity index (χ1n) is 4.87. The Morgan fingerprint density at radius 3 is 2.47 bits per heavy atom. The van der Waals surface area contributed by atoms with Crippen LogP contribution in [0.15, 0.2) is 18.2 Å².